The van der Waals surface area contributed by atoms with E-state index in [4.69, 9.17) is 4.74 Å². The molecule has 2 saturated carbocycles. The highest BCUT2D eigenvalue weighted by molar-refractivity contribution is 5.85. The molecule has 0 N–H and O–H groups in total. The van der Waals surface area contributed by atoms with Crippen LogP contribution in [0.2, 0.25) is 0 Å². The Kier molecular flexibility index (Phi) is 5.70. The number of rotatable bonds is 4. The average Bonchev–Trinajstić information content (AvgIpc) is 2.67. The van der Waals surface area contributed by atoms with Gasteiger partial charge in [-0.1, -0.05) is 25.5 Å². The number of ether oxygens (including phenoxy) is 1. The summed E-state index contributed by atoms with van der Waals surface area (Å²) in [6.45, 7) is 4.64. The van der Waals surface area contributed by atoms with Crippen molar-refractivity contribution in [1.82, 2.24) is 0 Å². The molecule has 3 heteroatoms. The summed E-state index contributed by atoms with van der Waals surface area (Å²) in [4.78, 5) is 0. The van der Waals surface area contributed by atoms with Crippen LogP contribution in [-0.4, -0.2) is 6.61 Å². The summed E-state index contributed by atoms with van der Waals surface area (Å²) in [7, 11) is 0. The minimum absolute atomic E-state index is 0.204. The molecule has 0 aromatic heterocycles. The second-order valence-electron chi connectivity index (χ2n) is 8.83. The van der Waals surface area contributed by atoms with Gasteiger partial charge in [0.25, 0.3) is 0 Å². The molecule has 2 aromatic carbocycles. The standard InChI is InChI=1S/C25H30F2O/c1-3-4-9-28-21-12-20-13-24(26)22(15-23(20)25(27)14-21)19-8-7-17-10-16(2)5-6-18(17)11-19/h3-4,12-19H,5-11H2,1-2H3/b4-3+. The maximum absolute atomic E-state index is 15.0. The van der Waals surface area contributed by atoms with Gasteiger partial charge in [0.2, 0.25) is 0 Å². The van der Waals surface area contributed by atoms with E-state index in [9.17, 15) is 8.78 Å². The Balaban J connectivity index is 1.59. The van der Waals surface area contributed by atoms with Gasteiger partial charge in [-0.2, -0.15) is 0 Å². The van der Waals surface area contributed by atoms with Crippen LogP contribution in [0.3, 0.4) is 0 Å². The maximum Gasteiger partial charge on any atom is 0.134 e. The van der Waals surface area contributed by atoms with Crippen molar-refractivity contribution in [3.63, 3.8) is 0 Å². The molecule has 28 heavy (non-hydrogen) atoms. The van der Waals surface area contributed by atoms with Gasteiger partial charge in [0.05, 0.1) is 0 Å². The van der Waals surface area contributed by atoms with Crippen molar-refractivity contribution in [3.05, 3.63) is 53.6 Å². The first-order chi connectivity index (χ1) is 13.5. The number of benzene rings is 2. The van der Waals surface area contributed by atoms with Crippen LogP contribution in [0.4, 0.5) is 8.78 Å². The topological polar surface area (TPSA) is 9.23 Å². The molecule has 0 heterocycles. The van der Waals surface area contributed by atoms with Crippen molar-refractivity contribution in [2.24, 2.45) is 17.8 Å². The van der Waals surface area contributed by atoms with Crippen LogP contribution in [0.15, 0.2) is 36.4 Å². The van der Waals surface area contributed by atoms with Crippen molar-refractivity contribution < 1.29 is 13.5 Å². The van der Waals surface area contributed by atoms with Crippen molar-refractivity contribution >= 4 is 10.8 Å². The summed E-state index contributed by atoms with van der Waals surface area (Å²) in [5, 5.41) is 1.06. The van der Waals surface area contributed by atoms with Crippen molar-refractivity contribution in [3.8, 4) is 5.75 Å². The van der Waals surface area contributed by atoms with E-state index in [2.05, 4.69) is 6.92 Å². The first-order valence-electron chi connectivity index (χ1n) is 10.7. The van der Waals surface area contributed by atoms with Crippen LogP contribution in [0.1, 0.15) is 63.9 Å². The molecule has 1 nitrogen and oxygen atoms in total. The highest BCUT2D eigenvalue weighted by Crippen LogP contribution is 2.48. The zero-order valence-electron chi connectivity index (χ0n) is 16.9. The second-order valence-corrected chi connectivity index (χ2v) is 8.83. The molecular formula is C25H30F2O. The quantitative estimate of drug-likeness (QED) is 0.499. The van der Waals surface area contributed by atoms with E-state index in [0.29, 0.717) is 34.6 Å². The Morgan fingerprint density at radius 1 is 0.964 bits per heavy atom. The smallest absolute Gasteiger partial charge is 0.134 e. The SMILES string of the molecule is C/C=C/COc1cc(F)c2cc(C3CCC4CC(C)CCC4C3)c(F)cc2c1. The molecule has 2 aliphatic carbocycles. The van der Waals surface area contributed by atoms with Gasteiger partial charge in [-0.3, -0.25) is 0 Å². The van der Waals surface area contributed by atoms with Crippen LogP contribution in [0.25, 0.3) is 10.8 Å². The van der Waals surface area contributed by atoms with E-state index in [0.717, 1.165) is 24.7 Å². The minimum Gasteiger partial charge on any atom is -0.489 e. The molecule has 4 rings (SSSR count). The first kappa shape index (κ1) is 19.4. The summed E-state index contributed by atoms with van der Waals surface area (Å²) < 4.78 is 35.3. The van der Waals surface area contributed by atoms with Crippen LogP contribution in [0, 0.1) is 29.4 Å². The first-order valence-corrected chi connectivity index (χ1v) is 10.7. The molecule has 150 valence electrons. The van der Waals surface area contributed by atoms with E-state index in [1.165, 1.54) is 37.8 Å². The average molecular weight is 385 g/mol. The molecule has 0 bridgehead atoms. The summed E-state index contributed by atoms with van der Waals surface area (Å²) in [6, 6.07) is 6.39. The van der Waals surface area contributed by atoms with Gasteiger partial charge < -0.3 is 4.74 Å². The fraction of sp³-hybridized carbons (Fsp3) is 0.520. The summed E-state index contributed by atoms with van der Waals surface area (Å²) in [5.41, 5.74) is 0.700. The van der Waals surface area contributed by atoms with E-state index in [-0.39, 0.29) is 17.6 Å². The van der Waals surface area contributed by atoms with Gasteiger partial charge in [-0.25, -0.2) is 8.78 Å². The molecule has 4 unspecified atom stereocenters. The summed E-state index contributed by atoms with van der Waals surface area (Å²) >= 11 is 0. The predicted molar refractivity (Wildman–Crippen MR) is 111 cm³/mol. The fourth-order valence-electron chi connectivity index (χ4n) is 5.37. The van der Waals surface area contributed by atoms with Crippen LogP contribution in [-0.2, 0) is 0 Å². The molecule has 0 aliphatic heterocycles. The molecule has 2 aliphatic rings. The lowest BCUT2D eigenvalue weighted by Gasteiger charge is -2.41. The maximum atomic E-state index is 15.0. The lowest BCUT2D eigenvalue weighted by atomic mass is 9.64. The Labute approximate surface area is 166 Å². The van der Waals surface area contributed by atoms with E-state index in [1.54, 1.807) is 12.1 Å². The molecular weight excluding hydrogens is 354 g/mol. The zero-order valence-corrected chi connectivity index (χ0v) is 16.9. The van der Waals surface area contributed by atoms with Gasteiger partial charge in [0, 0.05) is 11.5 Å². The van der Waals surface area contributed by atoms with Gasteiger partial charge in [0.1, 0.15) is 24.0 Å². The summed E-state index contributed by atoms with van der Waals surface area (Å²) in [5.74, 6) is 2.44. The number of halogens is 2. The normalized spacial score (nSPS) is 27.9. The highest BCUT2D eigenvalue weighted by Gasteiger charge is 2.35. The molecule has 2 fully saturated rings. The van der Waals surface area contributed by atoms with Gasteiger partial charge >= 0.3 is 0 Å². The molecule has 4 atom stereocenters. The van der Waals surface area contributed by atoms with E-state index in [1.807, 2.05) is 19.1 Å². The van der Waals surface area contributed by atoms with Gasteiger partial charge in [-0.15, -0.1) is 0 Å². The Morgan fingerprint density at radius 3 is 2.57 bits per heavy atom. The lowest BCUT2D eigenvalue weighted by Crippen LogP contribution is -2.29. The van der Waals surface area contributed by atoms with Gasteiger partial charge in [0.15, 0.2) is 0 Å². The second kappa shape index (κ2) is 8.23. The predicted octanol–water partition coefficient (Wildman–Crippen LogP) is 7.39. The van der Waals surface area contributed by atoms with Gasteiger partial charge in [-0.05, 0) is 91.8 Å². The van der Waals surface area contributed by atoms with Crippen LogP contribution < -0.4 is 4.74 Å². The highest BCUT2D eigenvalue weighted by atomic mass is 19.1. The van der Waals surface area contributed by atoms with Crippen molar-refractivity contribution in [2.75, 3.05) is 6.61 Å². The number of hydrogen-bond acceptors (Lipinski definition) is 1. The molecule has 0 saturated heterocycles. The zero-order chi connectivity index (χ0) is 19.7. The third-order valence-corrected chi connectivity index (χ3v) is 6.89. The molecule has 0 amide bonds. The van der Waals surface area contributed by atoms with Crippen LogP contribution in [0.5, 0.6) is 5.75 Å². The fourth-order valence-corrected chi connectivity index (χ4v) is 5.37. The minimum atomic E-state index is -0.339. The van der Waals surface area contributed by atoms with Crippen molar-refractivity contribution in [1.29, 1.82) is 0 Å². The molecule has 0 radical (unpaired) electrons. The number of fused-ring (bicyclic) bond motifs is 2. The Bertz CT molecular complexity index is 872. The number of allylic oxidation sites excluding steroid dienone is 1. The Morgan fingerprint density at radius 2 is 1.75 bits per heavy atom. The van der Waals surface area contributed by atoms with E-state index < -0.39 is 0 Å². The van der Waals surface area contributed by atoms with E-state index >= 15 is 0 Å². The van der Waals surface area contributed by atoms with Crippen LogP contribution >= 0.6 is 0 Å². The Hall–Kier alpha value is -1.90. The number of hydrogen-bond donors (Lipinski definition) is 0. The lowest BCUT2D eigenvalue weighted by molar-refractivity contribution is 0.124. The largest absolute Gasteiger partial charge is 0.489 e. The molecule has 0 spiro atoms. The third kappa shape index (κ3) is 3.94. The van der Waals surface area contributed by atoms with Crippen molar-refractivity contribution in [2.45, 2.75) is 58.3 Å². The molecule has 2 aromatic rings. The monoisotopic (exact) mass is 384 g/mol. The third-order valence-electron chi connectivity index (χ3n) is 6.89. The summed E-state index contributed by atoms with van der Waals surface area (Å²) in [6.07, 6.45) is 10.9.